The summed E-state index contributed by atoms with van der Waals surface area (Å²) >= 11 is 0. The van der Waals surface area contributed by atoms with Crippen molar-refractivity contribution in [2.75, 3.05) is 0 Å². The molecule has 0 spiro atoms. The first kappa shape index (κ1) is 13.7. The number of rotatable bonds is 2. The highest BCUT2D eigenvalue weighted by Crippen LogP contribution is 2.47. The second-order valence-electron chi connectivity index (χ2n) is 5.66. The molecule has 0 heterocycles. The third-order valence-corrected chi connectivity index (χ3v) is 4.60. The number of Topliss-reactive ketones (excluding diaryl/α,β-unsaturated/α-hetero) is 1. The molecule has 4 nitrogen and oxygen atoms in total. The van der Waals surface area contributed by atoms with Gasteiger partial charge in [-0.05, 0) is 19.4 Å². The lowest BCUT2D eigenvalue weighted by Crippen LogP contribution is -2.39. The van der Waals surface area contributed by atoms with E-state index in [1.165, 1.54) is 13.0 Å². The zero-order valence-corrected chi connectivity index (χ0v) is 11.4. The molecular formula is C15H18O4. The smallest absolute Gasteiger partial charge is 0.310 e. The Kier molecular flexibility index (Phi) is 3.20. The highest BCUT2D eigenvalue weighted by Gasteiger charge is 2.44. The standard InChI is InChI=1S/C15H18O4/c1-8(14(18)19)11-7-15(3)9(2)12(16)5-4-10(15)6-13(11)17/h6-9H,4-5H2,1-3H3,(H,18,19)/t8-,9+,15-/m1/s1. The Morgan fingerprint density at radius 3 is 2.63 bits per heavy atom. The lowest BCUT2D eigenvalue weighted by atomic mass is 9.61. The minimum absolute atomic E-state index is 0.174. The normalized spacial score (nSPS) is 32.3. The highest BCUT2D eigenvalue weighted by molar-refractivity contribution is 6.09. The van der Waals surface area contributed by atoms with Crippen LogP contribution in [0.5, 0.6) is 0 Å². The molecule has 0 aromatic heterocycles. The van der Waals surface area contributed by atoms with Gasteiger partial charge in [-0.25, -0.2) is 0 Å². The monoisotopic (exact) mass is 262 g/mol. The van der Waals surface area contributed by atoms with Gasteiger partial charge in [0.2, 0.25) is 0 Å². The molecule has 0 bridgehead atoms. The first-order valence-corrected chi connectivity index (χ1v) is 6.51. The number of carboxylic acids is 1. The van der Waals surface area contributed by atoms with Crippen molar-refractivity contribution in [3.8, 4) is 0 Å². The quantitative estimate of drug-likeness (QED) is 0.827. The van der Waals surface area contributed by atoms with E-state index in [2.05, 4.69) is 0 Å². The number of hydrogen-bond donors (Lipinski definition) is 1. The van der Waals surface area contributed by atoms with E-state index in [4.69, 9.17) is 5.11 Å². The molecule has 0 amide bonds. The van der Waals surface area contributed by atoms with E-state index in [9.17, 15) is 14.4 Å². The predicted molar refractivity (Wildman–Crippen MR) is 69.5 cm³/mol. The van der Waals surface area contributed by atoms with Gasteiger partial charge >= 0.3 is 5.97 Å². The summed E-state index contributed by atoms with van der Waals surface area (Å²) < 4.78 is 0. The number of carbonyl (C=O) groups is 3. The highest BCUT2D eigenvalue weighted by atomic mass is 16.4. The van der Waals surface area contributed by atoms with E-state index in [0.29, 0.717) is 18.4 Å². The number of hydrogen-bond acceptors (Lipinski definition) is 3. The van der Waals surface area contributed by atoms with Gasteiger partial charge in [0.25, 0.3) is 0 Å². The molecule has 3 atom stereocenters. The third kappa shape index (κ3) is 2.05. The number of fused-ring (bicyclic) bond motifs is 1. The van der Waals surface area contributed by atoms with Crippen molar-refractivity contribution in [1.29, 1.82) is 0 Å². The molecule has 0 radical (unpaired) electrons. The van der Waals surface area contributed by atoms with Gasteiger partial charge in [-0.15, -0.1) is 0 Å². The van der Waals surface area contributed by atoms with Gasteiger partial charge in [0.1, 0.15) is 5.78 Å². The Bertz CT molecular complexity index is 526. The summed E-state index contributed by atoms with van der Waals surface area (Å²) in [5, 5.41) is 9.07. The molecule has 0 unspecified atom stereocenters. The average molecular weight is 262 g/mol. The van der Waals surface area contributed by atoms with E-state index in [0.717, 1.165) is 5.57 Å². The Balaban J connectivity index is 2.48. The van der Waals surface area contributed by atoms with E-state index in [1.54, 1.807) is 6.08 Å². The molecule has 2 rings (SSSR count). The molecule has 2 aliphatic rings. The summed E-state index contributed by atoms with van der Waals surface area (Å²) in [5.41, 5.74) is 0.730. The van der Waals surface area contributed by atoms with Crippen LogP contribution in [0, 0.1) is 17.3 Å². The van der Waals surface area contributed by atoms with Crippen LogP contribution in [-0.2, 0) is 14.4 Å². The van der Waals surface area contributed by atoms with Crippen LogP contribution in [0.1, 0.15) is 33.6 Å². The molecular weight excluding hydrogens is 244 g/mol. The number of aliphatic carboxylic acids is 1. The number of carbonyl (C=O) groups excluding carboxylic acids is 2. The summed E-state index contributed by atoms with van der Waals surface area (Å²) in [6, 6.07) is 0. The van der Waals surface area contributed by atoms with Gasteiger partial charge in [-0.3, -0.25) is 14.4 Å². The summed E-state index contributed by atoms with van der Waals surface area (Å²) in [5.74, 6) is -2.13. The van der Waals surface area contributed by atoms with Crippen LogP contribution in [0.15, 0.2) is 23.3 Å². The second-order valence-corrected chi connectivity index (χ2v) is 5.66. The molecule has 0 aliphatic heterocycles. The minimum Gasteiger partial charge on any atom is -0.481 e. The molecule has 1 fully saturated rings. The van der Waals surface area contributed by atoms with Crippen LogP contribution in [0.2, 0.25) is 0 Å². The third-order valence-electron chi connectivity index (χ3n) is 4.60. The van der Waals surface area contributed by atoms with Crippen LogP contribution < -0.4 is 0 Å². The van der Waals surface area contributed by atoms with Crippen LogP contribution in [0.3, 0.4) is 0 Å². The topological polar surface area (TPSA) is 71.4 Å². The number of allylic oxidation sites excluding steroid dienone is 3. The fourth-order valence-electron chi connectivity index (χ4n) is 2.91. The Morgan fingerprint density at radius 2 is 2.05 bits per heavy atom. The lowest BCUT2D eigenvalue weighted by molar-refractivity contribution is -0.140. The van der Waals surface area contributed by atoms with E-state index >= 15 is 0 Å². The van der Waals surface area contributed by atoms with Crippen molar-refractivity contribution >= 4 is 17.5 Å². The van der Waals surface area contributed by atoms with Gasteiger partial charge in [0.15, 0.2) is 5.78 Å². The molecule has 1 saturated carbocycles. The Hall–Kier alpha value is -1.71. The van der Waals surface area contributed by atoms with E-state index in [-0.39, 0.29) is 17.5 Å². The SMILES string of the molecule is C[C@@H](C(=O)O)C1=C[C@@]2(C)C(=CC1=O)CCC(=O)[C@@H]2C. The molecule has 1 N–H and O–H groups in total. The van der Waals surface area contributed by atoms with Gasteiger partial charge < -0.3 is 5.11 Å². The molecule has 102 valence electrons. The molecule has 0 aromatic rings. The maximum absolute atomic E-state index is 12.0. The van der Waals surface area contributed by atoms with Gasteiger partial charge in [-0.2, -0.15) is 0 Å². The van der Waals surface area contributed by atoms with Crippen molar-refractivity contribution in [3.63, 3.8) is 0 Å². The first-order chi connectivity index (χ1) is 8.77. The van der Waals surface area contributed by atoms with Crippen LogP contribution in [0.25, 0.3) is 0 Å². The second kappa shape index (κ2) is 4.44. The van der Waals surface area contributed by atoms with Gasteiger partial charge in [0.05, 0.1) is 5.92 Å². The van der Waals surface area contributed by atoms with Crippen LogP contribution >= 0.6 is 0 Å². The van der Waals surface area contributed by atoms with Crippen molar-refractivity contribution in [1.82, 2.24) is 0 Å². The molecule has 0 saturated heterocycles. The van der Waals surface area contributed by atoms with Crippen molar-refractivity contribution < 1.29 is 19.5 Å². The largest absolute Gasteiger partial charge is 0.481 e. The van der Waals surface area contributed by atoms with Crippen LogP contribution in [-0.4, -0.2) is 22.6 Å². The zero-order valence-electron chi connectivity index (χ0n) is 11.4. The molecule has 4 heteroatoms. The summed E-state index contributed by atoms with van der Waals surface area (Å²) in [4.78, 5) is 35.0. The number of carboxylic acid groups (broad SMARTS) is 1. The maximum atomic E-state index is 12.0. The Morgan fingerprint density at radius 1 is 1.42 bits per heavy atom. The number of ketones is 2. The molecule has 2 aliphatic carbocycles. The van der Waals surface area contributed by atoms with E-state index in [1.807, 2.05) is 13.8 Å². The molecule has 19 heavy (non-hydrogen) atoms. The predicted octanol–water partition coefficient (Wildman–Crippen LogP) is 2.15. The summed E-state index contributed by atoms with van der Waals surface area (Å²) in [7, 11) is 0. The fourth-order valence-corrected chi connectivity index (χ4v) is 2.91. The average Bonchev–Trinajstić information content (AvgIpc) is 2.35. The van der Waals surface area contributed by atoms with Gasteiger partial charge in [-0.1, -0.05) is 25.5 Å². The first-order valence-electron chi connectivity index (χ1n) is 6.51. The summed E-state index contributed by atoms with van der Waals surface area (Å²) in [6.07, 6.45) is 4.31. The fraction of sp³-hybridized carbons (Fsp3) is 0.533. The summed E-state index contributed by atoms with van der Waals surface area (Å²) in [6.45, 7) is 5.27. The van der Waals surface area contributed by atoms with Crippen LogP contribution in [0.4, 0.5) is 0 Å². The lowest BCUT2D eigenvalue weighted by Gasteiger charge is -2.41. The Labute approximate surface area is 112 Å². The van der Waals surface area contributed by atoms with Gasteiger partial charge in [0, 0.05) is 23.3 Å². The minimum atomic E-state index is -1.02. The van der Waals surface area contributed by atoms with Crippen molar-refractivity contribution in [2.24, 2.45) is 17.3 Å². The zero-order chi connectivity index (χ0) is 14.4. The van der Waals surface area contributed by atoms with Crippen molar-refractivity contribution in [2.45, 2.75) is 33.6 Å². The maximum Gasteiger partial charge on any atom is 0.310 e. The van der Waals surface area contributed by atoms with Crippen molar-refractivity contribution in [3.05, 3.63) is 23.3 Å². The van der Waals surface area contributed by atoms with E-state index < -0.39 is 17.3 Å². The molecule has 0 aromatic carbocycles.